The summed E-state index contributed by atoms with van der Waals surface area (Å²) in [4.78, 5) is 40.3. The molecule has 4 aromatic rings. The zero-order valence-electron chi connectivity index (χ0n) is 25.2. The Morgan fingerprint density at radius 1 is 0.956 bits per heavy atom. The van der Waals surface area contributed by atoms with Crippen molar-refractivity contribution in [2.45, 2.75) is 50.8 Å². The number of H-pyrrole nitrogens is 1. The number of aliphatic hydroxyl groups is 1. The van der Waals surface area contributed by atoms with Crippen molar-refractivity contribution in [2.75, 3.05) is 13.7 Å². The van der Waals surface area contributed by atoms with Gasteiger partial charge in [0.1, 0.15) is 12.0 Å². The van der Waals surface area contributed by atoms with Gasteiger partial charge in [0.2, 0.25) is 11.8 Å². The van der Waals surface area contributed by atoms with Crippen molar-refractivity contribution in [2.24, 2.45) is 5.92 Å². The molecule has 0 saturated carbocycles. The van der Waals surface area contributed by atoms with Crippen molar-refractivity contribution in [3.05, 3.63) is 101 Å². The number of rotatable bonds is 17. The van der Waals surface area contributed by atoms with Crippen molar-refractivity contribution in [1.82, 2.24) is 21.1 Å². The molecule has 4 rings (SSSR count). The van der Waals surface area contributed by atoms with Gasteiger partial charge in [-0.25, -0.2) is 10.3 Å². The minimum Gasteiger partial charge on any atom is -0.497 e. The van der Waals surface area contributed by atoms with Crippen LogP contribution in [0.5, 0.6) is 5.75 Å². The van der Waals surface area contributed by atoms with Gasteiger partial charge in [-0.3, -0.25) is 20.1 Å². The average Bonchev–Trinajstić information content (AvgIpc) is 3.46. The quantitative estimate of drug-likeness (QED) is 0.0536. The maximum Gasteiger partial charge on any atom is 0.335 e. The first kappa shape index (κ1) is 33.2. The predicted molar refractivity (Wildman–Crippen MR) is 169 cm³/mol. The van der Waals surface area contributed by atoms with Crippen LogP contribution in [0.1, 0.15) is 46.3 Å². The number of benzene rings is 3. The van der Waals surface area contributed by atoms with Gasteiger partial charge in [-0.2, -0.15) is 0 Å². The van der Waals surface area contributed by atoms with Crippen LogP contribution in [0.3, 0.4) is 0 Å². The van der Waals surface area contributed by atoms with Crippen LogP contribution in [-0.2, 0) is 28.9 Å². The number of carbonyl (C=O) groups excluding carboxylic acids is 2. The minimum absolute atomic E-state index is 0.183. The standard InChI is InChI=1S/C34H40N4O7/c1-45-27-14-12-22(13-15-27)6-4-8-24(20-31(39)38-44)32(40)37-30(19-26-21-36-29-11-3-2-10-28(26)29)33(41)35-17-16-23-7-5-9-25(18-23)34(42)43/h2-3,5,7,9-15,18,21,24,30,33,35-36,41,44H,4,6,8,16-17,19-20H2,1H3,(H,37,40)(H,38,39)(H,42,43)/t24-,30?,33?/m1/s1. The Balaban J connectivity index is 1.46. The molecule has 0 fully saturated rings. The number of nitrogens with one attached hydrogen (secondary N) is 4. The lowest BCUT2D eigenvalue weighted by molar-refractivity contribution is -0.135. The number of aromatic amines is 1. The molecule has 3 aromatic carbocycles. The first-order chi connectivity index (χ1) is 21.8. The number of hydrogen-bond donors (Lipinski definition) is 7. The van der Waals surface area contributed by atoms with E-state index in [1.165, 1.54) is 6.07 Å². The number of aryl methyl sites for hydroxylation is 1. The zero-order chi connectivity index (χ0) is 32.2. The highest BCUT2D eigenvalue weighted by molar-refractivity contribution is 5.88. The number of carbonyl (C=O) groups is 3. The van der Waals surface area contributed by atoms with E-state index in [2.05, 4.69) is 15.6 Å². The highest BCUT2D eigenvalue weighted by atomic mass is 16.5. The molecule has 0 bridgehead atoms. The minimum atomic E-state index is -1.16. The third-order valence-corrected chi connectivity index (χ3v) is 7.87. The number of amides is 2. The van der Waals surface area contributed by atoms with Gasteiger partial charge in [-0.1, -0.05) is 42.5 Å². The molecule has 2 unspecified atom stereocenters. The van der Waals surface area contributed by atoms with Gasteiger partial charge in [0, 0.05) is 36.0 Å². The topological polar surface area (TPSA) is 173 Å². The molecule has 11 heteroatoms. The maximum atomic E-state index is 13.6. The van der Waals surface area contributed by atoms with Crippen molar-refractivity contribution >= 4 is 28.7 Å². The van der Waals surface area contributed by atoms with E-state index in [9.17, 15) is 24.6 Å². The Hall–Kier alpha value is -4.71. The number of para-hydroxylation sites is 1. The second-order valence-corrected chi connectivity index (χ2v) is 11.0. The number of methoxy groups -OCH3 is 1. The van der Waals surface area contributed by atoms with Gasteiger partial charge in [0.25, 0.3) is 0 Å². The molecule has 45 heavy (non-hydrogen) atoms. The van der Waals surface area contributed by atoms with Crippen LogP contribution in [-0.4, -0.2) is 64.1 Å². The number of hydroxylamine groups is 1. The molecule has 0 aliphatic heterocycles. The molecule has 0 spiro atoms. The molecule has 2 amide bonds. The number of carboxylic acids is 1. The SMILES string of the molecule is COc1ccc(CCC[C@H](CC(=O)NO)C(=O)NC(Cc2c[nH]c3ccccc23)C(O)NCCc2cccc(C(=O)O)c2)cc1. The summed E-state index contributed by atoms with van der Waals surface area (Å²) in [7, 11) is 1.60. The van der Waals surface area contributed by atoms with Gasteiger partial charge < -0.3 is 25.3 Å². The molecule has 7 N–H and O–H groups in total. The second kappa shape index (κ2) is 16.4. The average molecular weight is 617 g/mol. The van der Waals surface area contributed by atoms with Crippen LogP contribution in [0.25, 0.3) is 10.9 Å². The van der Waals surface area contributed by atoms with E-state index in [4.69, 9.17) is 9.94 Å². The highest BCUT2D eigenvalue weighted by Crippen LogP contribution is 2.21. The fraction of sp³-hybridized carbons (Fsp3) is 0.324. The molecule has 0 saturated heterocycles. The largest absolute Gasteiger partial charge is 0.497 e. The molecule has 1 aromatic heterocycles. The Kier molecular flexibility index (Phi) is 12.1. The number of hydrogen-bond acceptors (Lipinski definition) is 7. The van der Waals surface area contributed by atoms with Crippen LogP contribution in [0.4, 0.5) is 0 Å². The summed E-state index contributed by atoms with van der Waals surface area (Å²) >= 11 is 0. The van der Waals surface area contributed by atoms with Crippen molar-refractivity contribution in [1.29, 1.82) is 0 Å². The summed E-state index contributed by atoms with van der Waals surface area (Å²) < 4.78 is 5.21. The molecule has 0 aliphatic rings. The first-order valence-electron chi connectivity index (χ1n) is 14.9. The fourth-order valence-electron chi connectivity index (χ4n) is 5.39. The molecule has 238 valence electrons. The summed E-state index contributed by atoms with van der Waals surface area (Å²) in [5.74, 6) is -2.09. The molecular weight excluding hydrogens is 576 g/mol. The van der Waals surface area contributed by atoms with Gasteiger partial charge >= 0.3 is 5.97 Å². The Morgan fingerprint density at radius 2 is 1.73 bits per heavy atom. The molecule has 0 aliphatic carbocycles. The van der Waals surface area contributed by atoms with Gasteiger partial charge in [-0.15, -0.1) is 0 Å². The van der Waals surface area contributed by atoms with E-state index in [0.29, 0.717) is 38.6 Å². The lowest BCUT2D eigenvalue weighted by Gasteiger charge is -2.27. The van der Waals surface area contributed by atoms with Gasteiger partial charge in [0.05, 0.1) is 18.7 Å². The molecule has 11 nitrogen and oxygen atoms in total. The Bertz CT molecular complexity index is 1570. The third kappa shape index (κ3) is 9.64. The summed E-state index contributed by atoms with van der Waals surface area (Å²) in [5, 5.41) is 36.7. The number of aromatic carboxylic acids is 1. The summed E-state index contributed by atoms with van der Waals surface area (Å²) in [5.41, 5.74) is 5.48. The van der Waals surface area contributed by atoms with Crippen LogP contribution < -0.4 is 20.9 Å². The van der Waals surface area contributed by atoms with E-state index in [0.717, 1.165) is 33.3 Å². The number of ether oxygens (including phenoxy) is 1. The number of fused-ring (bicyclic) bond motifs is 1. The van der Waals surface area contributed by atoms with Crippen molar-refractivity contribution in [3.63, 3.8) is 0 Å². The summed E-state index contributed by atoms with van der Waals surface area (Å²) in [6.07, 6.45) is 2.91. The zero-order valence-corrected chi connectivity index (χ0v) is 25.2. The van der Waals surface area contributed by atoms with E-state index in [-0.39, 0.29) is 12.0 Å². The molecule has 3 atom stereocenters. The van der Waals surface area contributed by atoms with Crippen molar-refractivity contribution < 1.29 is 34.5 Å². The number of carboxylic acid groups (broad SMARTS) is 1. The maximum absolute atomic E-state index is 13.6. The second-order valence-electron chi connectivity index (χ2n) is 11.0. The van der Waals surface area contributed by atoms with E-state index in [1.54, 1.807) is 24.7 Å². The van der Waals surface area contributed by atoms with Crippen LogP contribution in [0.15, 0.2) is 79.0 Å². The lowest BCUT2D eigenvalue weighted by Crippen LogP contribution is -2.53. The summed E-state index contributed by atoms with van der Waals surface area (Å²) in [6.45, 7) is 0.322. The van der Waals surface area contributed by atoms with E-state index in [1.807, 2.05) is 60.8 Å². The molecule has 0 radical (unpaired) electrons. The summed E-state index contributed by atoms with van der Waals surface area (Å²) in [6, 6.07) is 21.2. The molecule has 1 heterocycles. The van der Waals surface area contributed by atoms with Crippen LogP contribution >= 0.6 is 0 Å². The molecular formula is C34H40N4O7. The third-order valence-electron chi connectivity index (χ3n) is 7.87. The van der Waals surface area contributed by atoms with E-state index < -0.39 is 36.0 Å². The predicted octanol–water partition coefficient (Wildman–Crippen LogP) is 3.59. The van der Waals surface area contributed by atoms with Crippen LogP contribution in [0, 0.1) is 5.92 Å². The highest BCUT2D eigenvalue weighted by Gasteiger charge is 2.28. The Morgan fingerprint density at radius 3 is 2.47 bits per heavy atom. The Labute approximate surface area is 261 Å². The monoisotopic (exact) mass is 616 g/mol. The van der Waals surface area contributed by atoms with Crippen LogP contribution in [0.2, 0.25) is 0 Å². The van der Waals surface area contributed by atoms with Gasteiger partial charge in [0.15, 0.2) is 0 Å². The van der Waals surface area contributed by atoms with Gasteiger partial charge in [-0.05, 0) is 79.1 Å². The van der Waals surface area contributed by atoms with E-state index >= 15 is 0 Å². The smallest absolute Gasteiger partial charge is 0.335 e. The number of aromatic nitrogens is 1. The fourth-order valence-corrected chi connectivity index (χ4v) is 5.39. The number of aliphatic hydroxyl groups excluding tert-OH is 1. The normalized spacial score (nSPS) is 13.1. The van der Waals surface area contributed by atoms with Crippen molar-refractivity contribution in [3.8, 4) is 5.75 Å². The lowest BCUT2D eigenvalue weighted by atomic mass is 9.94. The first-order valence-corrected chi connectivity index (χ1v) is 14.9.